The molecule has 1 aliphatic rings. The molecular formula is C18H21N5O5. The summed E-state index contributed by atoms with van der Waals surface area (Å²) >= 11 is 0. The molecule has 2 N–H and O–H groups in total. The Labute approximate surface area is 159 Å². The van der Waals surface area contributed by atoms with Crippen LogP contribution in [0.4, 0.5) is 11.5 Å². The average Bonchev–Trinajstić information content (AvgIpc) is 3.21. The lowest BCUT2D eigenvalue weighted by atomic mass is 10.1. The van der Waals surface area contributed by atoms with Crippen LogP contribution in [-0.4, -0.2) is 31.8 Å². The monoisotopic (exact) mass is 387 g/mol. The number of hydrazone groups is 1. The van der Waals surface area contributed by atoms with Gasteiger partial charge in [0.15, 0.2) is 0 Å². The van der Waals surface area contributed by atoms with Crippen LogP contribution in [0, 0.1) is 10.1 Å². The van der Waals surface area contributed by atoms with Gasteiger partial charge in [-0.1, -0.05) is 37.1 Å². The number of aromatic amines is 1. The van der Waals surface area contributed by atoms with Crippen molar-refractivity contribution >= 4 is 17.7 Å². The van der Waals surface area contributed by atoms with Gasteiger partial charge in [-0.2, -0.15) is 5.10 Å². The van der Waals surface area contributed by atoms with Crippen LogP contribution >= 0.6 is 0 Å². The van der Waals surface area contributed by atoms with Crippen molar-refractivity contribution in [3.05, 3.63) is 66.3 Å². The molecule has 0 spiro atoms. The zero-order chi connectivity index (χ0) is 20.3. The average molecular weight is 387 g/mol. The maximum atomic E-state index is 12.3. The Morgan fingerprint density at radius 1 is 1.32 bits per heavy atom. The maximum absolute atomic E-state index is 12.3. The third-order valence-corrected chi connectivity index (χ3v) is 4.84. The van der Waals surface area contributed by atoms with Gasteiger partial charge in [-0.25, -0.2) is 9.80 Å². The molecule has 1 aromatic heterocycles. The first-order valence-corrected chi connectivity index (χ1v) is 8.93. The Hall–Kier alpha value is -3.27. The first kappa shape index (κ1) is 19.5. The van der Waals surface area contributed by atoms with Crippen LogP contribution in [0.25, 0.3) is 0 Å². The Kier molecular flexibility index (Phi) is 5.69. The third-order valence-electron chi connectivity index (χ3n) is 4.84. The van der Waals surface area contributed by atoms with Crippen LogP contribution in [0.2, 0.25) is 0 Å². The van der Waals surface area contributed by atoms with Gasteiger partial charge in [-0.15, -0.1) is 0 Å². The largest absolute Gasteiger partial charge is 0.392 e. The minimum atomic E-state index is -0.978. The van der Waals surface area contributed by atoms with E-state index in [1.807, 2.05) is 0 Å². The van der Waals surface area contributed by atoms with E-state index in [0.29, 0.717) is 10.1 Å². The molecule has 0 unspecified atom stereocenters. The number of nitrogens with one attached hydrogen (secondary N) is 1. The highest BCUT2D eigenvalue weighted by atomic mass is 16.6. The van der Waals surface area contributed by atoms with E-state index in [2.05, 4.69) is 10.1 Å². The molecular weight excluding hydrogens is 366 g/mol. The standard InChI is InChI=1S/C18H21N5O5/c1-21-17(25)15(23(27)28)16(20-18(21)26)22(14-4-2-3-5-14)19-10-12-6-8-13(11-24)9-7-12/h6-10,14,24H,2-5,11H2,1H3,(H,20,26)/b19-10+. The van der Waals surface area contributed by atoms with E-state index >= 15 is 0 Å². The number of nitro groups is 1. The summed E-state index contributed by atoms with van der Waals surface area (Å²) in [4.78, 5) is 37.6. The molecule has 148 valence electrons. The minimum Gasteiger partial charge on any atom is -0.392 e. The number of rotatable bonds is 6. The van der Waals surface area contributed by atoms with Crippen LogP contribution in [0.5, 0.6) is 0 Å². The van der Waals surface area contributed by atoms with Crippen molar-refractivity contribution in [2.24, 2.45) is 12.1 Å². The predicted octanol–water partition coefficient (Wildman–Crippen LogP) is 1.26. The van der Waals surface area contributed by atoms with E-state index in [-0.39, 0.29) is 18.5 Å². The summed E-state index contributed by atoms with van der Waals surface area (Å²) in [6, 6.07) is 6.83. The number of benzene rings is 1. The Morgan fingerprint density at radius 2 is 1.96 bits per heavy atom. The van der Waals surface area contributed by atoms with Crippen LogP contribution in [0.1, 0.15) is 36.8 Å². The molecule has 1 saturated carbocycles. The van der Waals surface area contributed by atoms with Gasteiger partial charge in [0.1, 0.15) is 0 Å². The number of H-pyrrole nitrogens is 1. The Balaban J connectivity index is 2.08. The minimum absolute atomic E-state index is 0.0770. The second-order valence-corrected chi connectivity index (χ2v) is 6.68. The first-order valence-electron chi connectivity index (χ1n) is 8.93. The fraction of sp³-hybridized carbons (Fsp3) is 0.389. The highest BCUT2D eigenvalue weighted by Crippen LogP contribution is 2.30. The second kappa shape index (κ2) is 8.17. The van der Waals surface area contributed by atoms with Crippen molar-refractivity contribution in [3.63, 3.8) is 0 Å². The van der Waals surface area contributed by atoms with Gasteiger partial charge in [0.25, 0.3) is 0 Å². The smallest absolute Gasteiger partial charge is 0.376 e. The van der Waals surface area contributed by atoms with Crippen LogP contribution in [0.3, 0.4) is 0 Å². The van der Waals surface area contributed by atoms with E-state index in [1.165, 1.54) is 18.3 Å². The molecule has 28 heavy (non-hydrogen) atoms. The lowest BCUT2D eigenvalue weighted by Gasteiger charge is -2.24. The molecule has 1 heterocycles. The summed E-state index contributed by atoms with van der Waals surface area (Å²) in [5.41, 5.74) is -0.961. The number of aromatic nitrogens is 2. The molecule has 3 rings (SSSR count). The van der Waals surface area contributed by atoms with E-state index < -0.39 is 21.9 Å². The van der Waals surface area contributed by atoms with Gasteiger partial charge in [-0.05, 0) is 24.0 Å². The van der Waals surface area contributed by atoms with Crippen molar-refractivity contribution in [2.45, 2.75) is 38.3 Å². The summed E-state index contributed by atoms with van der Waals surface area (Å²) in [7, 11) is 1.18. The summed E-state index contributed by atoms with van der Waals surface area (Å²) in [5, 5.41) is 26.4. The van der Waals surface area contributed by atoms with Crippen LogP contribution in [-0.2, 0) is 13.7 Å². The van der Waals surface area contributed by atoms with Crippen molar-refractivity contribution in [2.75, 3.05) is 5.01 Å². The number of nitrogens with zero attached hydrogens (tertiary/aromatic N) is 4. The molecule has 0 radical (unpaired) electrons. The molecule has 1 aliphatic carbocycles. The summed E-state index contributed by atoms with van der Waals surface area (Å²) in [6.07, 6.45) is 4.87. The third kappa shape index (κ3) is 3.86. The van der Waals surface area contributed by atoms with Gasteiger partial charge in [0, 0.05) is 7.05 Å². The van der Waals surface area contributed by atoms with Crippen molar-refractivity contribution in [1.29, 1.82) is 0 Å². The quantitative estimate of drug-likeness (QED) is 0.435. The highest BCUT2D eigenvalue weighted by molar-refractivity contribution is 5.80. The Morgan fingerprint density at radius 3 is 2.54 bits per heavy atom. The van der Waals surface area contributed by atoms with Crippen LogP contribution < -0.4 is 16.3 Å². The molecule has 2 aromatic rings. The van der Waals surface area contributed by atoms with E-state index in [9.17, 15) is 19.7 Å². The number of hydrogen-bond acceptors (Lipinski definition) is 7. The topological polar surface area (TPSA) is 134 Å². The normalized spacial score (nSPS) is 14.6. The molecule has 0 bridgehead atoms. The van der Waals surface area contributed by atoms with Gasteiger partial charge < -0.3 is 5.11 Å². The summed E-state index contributed by atoms with van der Waals surface area (Å²) in [5.74, 6) is -0.201. The van der Waals surface area contributed by atoms with Gasteiger partial charge >= 0.3 is 16.9 Å². The van der Waals surface area contributed by atoms with Crippen LogP contribution in [0.15, 0.2) is 39.0 Å². The summed E-state index contributed by atoms with van der Waals surface area (Å²) < 4.78 is 0.672. The fourth-order valence-corrected chi connectivity index (χ4v) is 3.25. The van der Waals surface area contributed by atoms with E-state index in [4.69, 9.17) is 5.11 Å². The number of aliphatic hydroxyl groups is 1. The molecule has 1 fully saturated rings. The fourth-order valence-electron chi connectivity index (χ4n) is 3.25. The maximum Gasteiger partial charge on any atom is 0.376 e. The van der Waals surface area contributed by atoms with Gasteiger partial charge in [0.05, 0.1) is 23.8 Å². The molecule has 0 aliphatic heterocycles. The number of hydrogen-bond donors (Lipinski definition) is 2. The zero-order valence-corrected chi connectivity index (χ0v) is 15.4. The zero-order valence-electron chi connectivity index (χ0n) is 15.4. The second-order valence-electron chi connectivity index (χ2n) is 6.68. The lowest BCUT2D eigenvalue weighted by molar-refractivity contribution is -0.386. The molecule has 0 amide bonds. The molecule has 10 nitrogen and oxygen atoms in total. The van der Waals surface area contributed by atoms with Crippen molar-refractivity contribution in [1.82, 2.24) is 9.55 Å². The molecule has 10 heteroatoms. The van der Waals surface area contributed by atoms with E-state index in [1.54, 1.807) is 24.3 Å². The molecule has 1 aromatic carbocycles. The van der Waals surface area contributed by atoms with Crippen molar-refractivity contribution in [3.8, 4) is 0 Å². The van der Waals surface area contributed by atoms with Gasteiger partial charge in [-0.3, -0.25) is 24.5 Å². The Bertz CT molecular complexity index is 1000. The predicted molar refractivity (Wildman–Crippen MR) is 104 cm³/mol. The molecule has 0 atom stereocenters. The van der Waals surface area contributed by atoms with Crippen molar-refractivity contribution < 1.29 is 10.0 Å². The first-order chi connectivity index (χ1) is 13.4. The summed E-state index contributed by atoms with van der Waals surface area (Å²) in [6.45, 7) is -0.0770. The molecule has 0 saturated heterocycles. The SMILES string of the molecule is Cn1c(=O)[nH]c(N(/N=C/c2ccc(CO)cc2)C2CCCC2)c([N+](=O)[O-])c1=O. The highest BCUT2D eigenvalue weighted by Gasteiger charge is 2.32. The number of aliphatic hydroxyl groups excluding tert-OH is 1. The number of anilines is 1. The lowest BCUT2D eigenvalue weighted by Crippen LogP contribution is -2.39. The van der Waals surface area contributed by atoms with Gasteiger partial charge in [0.2, 0.25) is 5.82 Å². The van der Waals surface area contributed by atoms with E-state index in [0.717, 1.165) is 31.2 Å².